The highest BCUT2D eigenvalue weighted by atomic mass is 32.2. The molecule has 0 saturated heterocycles. The third-order valence-corrected chi connectivity index (χ3v) is 4.81. The van der Waals surface area contributed by atoms with E-state index in [1.807, 2.05) is 0 Å². The fourth-order valence-electron chi connectivity index (χ4n) is 2.62. The number of hydrogen-bond donors (Lipinski definition) is 2. The van der Waals surface area contributed by atoms with E-state index in [9.17, 15) is 26.0 Å². The fourth-order valence-corrected chi connectivity index (χ4v) is 3.51. The summed E-state index contributed by atoms with van der Waals surface area (Å²) in [5, 5.41) is 8.72. The van der Waals surface area contributed by atoms with Gasteiger partial charge in [-0.1, -0.05) is 18.2 Å². The van der Waals surface area contributed by atoms with E-state index in [0.29, 0.717) is 11.1 Å². The highest BCUT2D eigenvalue weighted by molar-refractivity contribution is 7.89. The number of nitrogens with zero attached hydrogens (tertiary/aromatic N) is 1. The van der Waals surface area contributed by atoms with Crippen LogP contribution in [0.2, 0.25) is 0 Å². The highest BCUT2D eigenvalue weighted by Gasteiger charge is 2.48. The molecule has 1 heterocycles. The molecule has 132 valence electrons. The molecule has 1 aromatic heterocycles. The molecular weight excluding hydrogens is 362 g/mol. The number of H-pyrrole nitrogens is 1. The average molecular weight is 373 g/mol. The van der Waals surface area contributed by atoms with Crippen LogP contribution >= 0.6 is 0 Å². The van der Waals surface area contributed by atoms with E-state index in [2.05, 4.69) is 10.2 Å². The van der Waals surface area contributed by atoms with Crippen LogP contribution in [0.15, 0.2) is 42.5 Å². The molecule has 0 saturated carbocycles. The van der Waals surface area contributed by atoms with Gasteiger partial charge in [-0.3, -0.25) is 5.10 Å². The Morgan fingerprint density at radius 2 is 1.84 bits per heavy atom. The Morgan fingerprint density at radius 3 is 2.44 bits per heavy atom. The van der Waals surface area contributed by atoms with Crippen LogP contribution in [0, 0.1) is 5.82 Å². The second-order valence-electron chi connectivity index (χ2n) is 5.40. The van der Waals surface area contributed by atoms with Crippen LogP contribution in [0.25, 0.3) is 22.2 Å². The molecular formula is C15H11F4N3O2S. The molecule has 5 nitrogen and oxygen atoms in total. The van der Waals surface area contributed by atoms with Crippen LogP contribution in [-0.2, 0) is 10.0 Å². The van der Waals surface area contributed by atoms with Gasteiger partial charge in [-0.25, -0.2) is 17.9 Å². The Bertz CT molecular complexity index is 1040. The normalized spacial score (nSPS) is 14.0. The number of alkyl halides is 3. The van der Waals surface area contributed by atoms with Gasteiger partial charge in [0.05, 0.1) is 5.52 Å². The first kappa shape index (κ1) is 17.4. The summed E-state index contributed by atoms with van der Waals surface area (Å²) < 4.78 is 75.8. The number of sulfonamides is 1. The first-order chi connectivity index (χ1) is 11.6. The number of rotatable bonds is 3. The number of primary sulfonamides is 1. The molecule has 0 radical (unpaired) electrons. The van der Waals surface area contributed by atoms with E-state index in [-0.39, 0.29) is 11.1 Å². The second kappa shape index (κ2) is 5.81. The zero-order valence-corrected chi connectivity index (χ0v) is 13.2. The predicted molar refractivity (Wildman–Crippen MR) is 83.4 cm³/mol. The van der Waals surface area contributed by atoms with Gasteiger partial charge in [0, 0.05) is 10.9 Å². The zero-order valence-electron chi connectivity index (χ0n) is 12.4. The van der Waals surface area contributed by atoms with E-state index in [1.165, 1.54) is 30.3 Å². The van der Waals surface area contributed by atoms with Gasteiger partial charge in [0.15, 0.2) is 5.25 Å². The molecule has 25 heavy (non-hydrogen) atoms. The Morgan fingerprint density at radius 1 is 1.12 bits per heavy atom. The summed E-state index contributed by atoms with van der Waals surface area (Å²) in [4.78, 5) is 0. The van der Waals surface area contributed by atoms with Gasteiger partial charge in [-0.15, -0.1) is 0 Å². The Balaban J connectivity index is 2.22. The minimum Gasteiger partial charge on any atom is -0.277 e. The molecule has 0 aliphatic heterocycles. The third-order valence-electron chi connectivity index (χ3n) is 3.61. The SMILES string of the molecule is NS(=O)(=O)C(c1ccc2[nH]nc(-c3cccc(F)c3)c2c1)C(F)(F)F. The fraction of sp³-hybridized carbons (Fsp3) is 0.133. The van der Waals surface area contributed by atoms with Crippen LogP contribution in [0.5, 0.6) is 0 Å². The summed E-state index contributed by atoms with van der Waals surface area (Å²) in [6, 6.07) is 8.67. The Kier molecular flexibility index (Phi) is 4.04. The molecule has 10 heteroatoms. The van der Waals surface area contributed by atoms with E-state index in [0.717, 1.165) is 12.1 Å². The Labute approximate surface area is 139 Å². The number of nitrogens with two attached hydrogens (primary N) is 1. The van der Waals surface area contributed by atoms with E-state index in [1.54, 1.807) is 0 Å². The van der Waals surface area contributed by atoms with Gasteiger partial charge < -0.3 is 0 Å². The first-order valence-corrected chi connectivity index (χ1v) is 8.50. The molecule has 2 aromatic carbocycles. The first-order valence-electron chi connectivity index (χ1n) is 6.89. The third kappa shape index (κ3) is 3.35. The minimum atomic E-state index is -5.08. The largest absolute Gasteiger partial charge is 0.410 e. The molecule has 1 unspecified atom stereocenters. The van der Waals surface area contributed by atoms with Gasteiger partial charge in [0.25, 0.3) is 0 Å². The topological polar surface area (TPSA) is 88.8 Å². The molecule has 0 bridgehead atoms. The Hall–Kier alpha value is -2.46. The number of hydrogen-bond acceptors (Lipinski definition) is 3. The maximum absolute atomic E-state index is 13.4. The van der Waals surface area contributed by atoms with Gasteiger partial charge in [0.1, 0.15) is 11.5 Å². The maximum atomic E-state index is 13.4. The van der Waals surface area contributed by atoms with Crippen molar-refractivity contribution in [3.8, 4) is 11.3 Å². The number of halogens is 4. The molecule has 0 spiro atoms. The summed E-state index contributed by atoms with van der Waals surface area (Å²) in [7, 11) is -4.93. The van der Waals surface area contributed by atoms with Gasteiger partial charge in [-0.2, -0.15) is 18.3 Å². The van der Waals surface area contributed by atoms with Crippen molar-refractivity contribution in [3.63, 3.8) is 0 Å². The van der Waals surface area contributed by atoms with Crippen molar-refractivity contribution in [2.24, 2.45) is 5.14 Å². The van der Waals surface area contributed by atoms with Crippen molar-refractivity contribution < 1.29 is 26.0 Å². The van der Waals surface area contributed by atoms with Crippen LogP contribution < -0.4 is 5.14 Å². The molecule has 0 amide bonds. The standard InChI is InChI=1S/C15H11F4N3O2S/c16-10-3-1-2-8(6-10)13-11-7-9(4-5-12(11)21-22-13)14(15(17,18)19)25(20,23)24/h1-7,14H,(H,21,22)(H2,20,23,24). The minimum absolute atomic E-state index is 0.201. The molecule has 3 N–H and O–H groups in total. The lowest BCUT2D eigenvalue weighted by atomic mass is 10.0. The smallest absolute Gasteiger partial charge is 0.277 e. The molecule has 3 aromatic rings. The van der Waals surface area contributed by atoms with E-state index in [4.69, 9.17) is 5.14 Å². The molecule has 0 aliphatic rings. The van der Waals surface area contributed by atoms with Crippen LogP contribution in [0.4, 0.5) is 17.6 Å². The molecule has 1 atom stereocenters. The van der Waals surface area contributed by atoms with Crippen molar-refractivity contribution in [3.05, 3.63) is 53.8 Å². The van der Waals surface area contributed by atoms with Crippen molar-refractivity contribution >= 4 is 20.9 Å². The van der Waals surface area contributed by atoms with Gasteiger partial charge in [0.2, 0.25) is 10.0 Å². The number of benzene rings is 2. The van der Waals surface area contributed by atoms with Gasteiger partial charge in [-0.05, 0) is 29.8 Å². The number of nitrogens with one attached hydrogen (secondary N) is 1. The lowest BCUT2D eigenvalue weighted by Gasteiger charge is -2.18. The second-order valence-corrected chi connectivity index (χ2v) is 7.05. The quantitative estimate of drug-likeness (QED) is 0.691. The van der Waals surface area contributed by atoms with E-state index >= 15 is 0 Å². The number of aromatic amines is 1. The van der Waals surface area contributed by atoms with Crippen LogP contribution in [0.3, 0.4) is 0 Å². The zero-order chi connectivity index (χ0) is 18.4. The van der Waals surface area contributed by atoms with Crippen molar-refractivity contribution in [2.45, 2.75) is 11.4 Å². The van der Waals surface area contributed by atoms with Crippen molar-refractivity contribution in [2.75, 3.05) is 0 Å². The highest BCUT2D eigenvalue weighted by Crippen LogP contribution is 2.39. The average Bonchev–Trinajstić information content (AvgIpc) is 2.87. The summed E-state index contributed by atoms with van der Waals surface area (Å²) >= 11 is 0. The summed E-state index contributed by atoms with van der Waals surface area (Å²) in [5.41, 5.74) is 0.370. The van der Waals surface area contributed by atoms with Crippen molar-refractivity contribution in [1.82, 2.24) is 10.2 Å². The number of aromatic nitrogens is 2. The lowest BCUT2D eigenvalue weighted by molar-refractivity contribution is -0.131. The van der Waals surface area contributed by atoms with Gasteiger partial charge >= 0.3 is 6.18 Å². The maximum Gasteiger partial charge on any atom is 0.410 e. The lowest BCUT2D eigenvalue weighted by Crippen LogP contribution is -2.33. The molecule has 3 rings (SSSR count). The summed E-state index contributed by atoms with van der Waals surface area (Å²) in [6.07, 6.45) is -5.08. The van der Waals surface area contributed by atoms with Crippen LogP contribution in [0.1, 0.15) is 10.8 Å². The molecule has 0 aliphatic carbocycles. The number of fused-ring (bicyclic) bond motifs is 1. The predicted octanol–water partition coefficient (Wildman–Crippen LogP) is 3.26. The summed E-state index contributed by atoms with van der Waals surface area (Å²) in [6.45, 7) is 0. The molecule has 0 fully saturated rings. The monoisotopic (exact) mass is 373 g/mol. The van der Waals surface area contributed by atoms with Crippen molar-refractivity contribution in [1.29, 1.82) is 0 Å². The van der Waals surface area contributed by atoms with Crippen LogP contribution in [-0.4, -0.2) is 24.8 Å². The summed E-state index contributed by atoms with van der Waals surface area (Å²) in [5.74, 6) is -0.539. The van der Waals surface area contributed by atoms with E-state index < -0.39 is 32.8 Å².